The summed E-state index contributed by atoms with van der Waals surface area (Å²) in [6, 6.07) is 0. The average Bonchev–Trinajstić information content (AvgIpc) is 3.01. The Bertz CT molecular complexity index is 637. The number of carboxylic acids is 1. The number of rotatable bonds is 4. The molecule has 0 amide bonds. The zero-order valence-electron chi connectivity index (χ0n) is 18.3. The van der Waals surface area contributed by atoms with E-state index < -0.39 is 12.1 Å². The fraction of sp³-hybridized carbons (Fsp3) is 0.958. The van der Waals surface area contributed by atoms with Crippen molar-refractivity contribution in [2.75, 3.05) is 0 Å². The van der Waals surface area contributed by atoms with E-state index in [9.17, 15) is 20.1 Å². The lowest BCUT2D eigenvalue weighted by atomic mass is 9.43. The van der Waals surface area contributed by atoms with Gasteiger partial charge < -0.3 is 20.4 Å². The van der Waals surface area contributed by atoms with Crippen molar-refractivity contribution in [3.8, 4) is 0 Å². The summed E-state index contributed by atoms with van der Waals surface area (Å²) in [5.41, 5.74) is -0.143. The molecule has 166 valence electrons. The molecule has 0 heterocycles. The first-order chi connectivity index (χ1) is 13.6. The molecule has 4 aliphatic rings. The molecular formula is C24H40O5. The maximum atomic E-state index is 11.5. The lowest BCUT2D eigenvalue weighted by molar-refractivity contribution is -0.207. The van der Waals surface area contributed by atoms with E-state index >= 15 is 0 Å². The number of aliphatic carboxylic acids is 1. The summed E-state index contributed by atoms with van der Waals surface area (Å²) < 4.78 is 0. The van der Waals surface area contributed by atoms with Crippen LogP contribution in [0.2, 0.25) is 0 Å². The molecular weight excluding hydrogens is 368 g/mol. The smallest absolute Gasteiger partial charge is 0.303 e. The highest BCUT2D eigenvalue weighted by Crippen LogP contribution is 2.68. The van der Waals surface area contributed by atoms with Crippen molar-refractivity contribution in [3.63, 3.8) is 0 Å². The van der Waals surface area contributed by atoms with E-state index in [1.807, 2.05) is 0 Å². The van der Waals surface area contributed by atoms with E-state index in [0.717, 1.165) is 44.9 Å². The maximum absolute atomic E-state index is 11.5. The second-order valence-electron chi connectivity index (χ2n) is 11.4. The minimum atomic E-state index is -0.748. The van der Waals surface area contributed by atoms with Crippen LogP contribution < -0.4 is 0 Å². The van der Waals surface area contributed by atoms with Crippen molar-refractivity contribution in [2.24, 2.45) is 46.3 Å². The molecule has 0 spiro atoms. The van der Waals surface area contributed by atoms with E-state index in [1.165, 1.54) is 0 Å². The Labute approximate surface area is 174 Å². The fourth-order valence-corrected chi connectivity index (χ4v) is 8.68. The molecule has 0 radical (unpaired) electrons. The summed E-state index contributed by atoms with van der Waals surface area (Å²) in [5, 5.41) is 42.0. The lowest BCUT2D eigenvalue weighted by Crippen LogP contribution is -2.62. The van der Waals surface area contributed by atoms with Crippen LogP contribution in [0, 0.1) is 46.3 Å². The minimum absolute atomic E-state index is 0.0957. The summed E-state index contributed by atoms with van der Waals surface area (Å²) >= 11 is 0. The molecule has 5 heteroatoms. The zero-order chi connectivity index (χ0) is 21.1. The molecule has 0 aliphatic heterocycles. The molecule has 0 bridgehead atoms. The molecule has 0 aromatic heterocycles. The highest BCUT2D eigenvalue weighted by atomic mass is 16.4. The standard InChI is InChI=1S/C24H40O5/c1-13(4-7-21(28)29)16-5-6-17-22-18(12-20(27)24(16,17)3)23(2)9-8-15(25)10-14(23)11-19(22)26/h13-20,22,25-27H,4-12H2,1-3H3,(H,28,29)/t13-,14+,15-,16+,17?,18?,19-,20+,22?,23+,24-/m1/s1. The molecule has 4 saturated carbocycles. The van der Waals surface area contributed by atoms with Crippen molar-refractivity contribution < 1.29 is 25.2 Å². The number of carbonyl (C=O) groups is 1. The molecule has 29 heavy (non-hydrogen) atoms. The Morgan fingerprint density at radius 2 is 1.76 bits per heavy atom. The predicted molar refractivity (Wildman–Crippen MR) is 110 cm³/mol. The van der Waals surface area contributed by atoms with Gasteiger partial charge in [0, 0.05) is 6.42 Å². The molecule has 3 unspecified atom stereocenters. The van der Waals surface area contributed by atoms with Crippen LogP contribution in [0.5, 0.6) is 0 Å². The third kappa shape index (κ3) is 3.27. The van der Waals surface area contributed by atoms with Gasteiger partial charge in [0.25, 0.3) is 0 Å². The molecule has 4 fully saturated rings. The summed E-state index contributed by atoms with van der Waals surface area (Å²) in [5.74, 6) is 0.997. The third-order valence-electron chi connectivity index (χ3n) is 10.3. The number of hydrogen-bond donors (Lipinski definition) is 4. The van der Waals surface area contributed by atoms with Crippen LogP contribution in [0.25, 0.3) is 0 Å². The van der Waals surface area contributed by atoms with Crippen molar-refractivity contribution in [2.45, 2.75) is 96.9 Å². The van der Waals surface area contributed by atoms with Gasteiger partial charge in [0.05, 0.1) is 18.3 Å². The van der Waals surface area contributed by atoms with Crippen LogP contribution in [0.3, 0.4) is 0 Å². The first kappa shape index (κ1) is 21.6. The number of fused-ring (bicyclic) bond motifs is 5. The van der Waals surface area contributed by atoms with Gasteiger partial charge in [-0.25, -0.2) is 0 Å². The fourth-order valence-electron chi connectivity index (χ4n) is 8.68. The summed E-state index contributed by atoms with van der Waals surface area (Å²) in [6.07, 6.45) is 6.00. The van der Waals surface area contributed by atoms with Gasteiger partial charge >= 0.3 is 5.97 Å². The highest BCUT2D eigenvalue weighted by Gasteiger charge is 2.65. The van der Waals surface area contributed by atoms with Gasteiger partial charge in [-0.05, 0) is 97.7 Å². The first-order valence-corrected chi connectivity index (χ1v) is 11.8. The van der Waals surface area contributed by atoms with Crippen LogP contribution in [0.4, 0.5) is 0 Å². The van der Waals surface area contributed by atoms with Gasteiger partial charge in [-0.3, -0.25) is 4.79 Å². The number of carboxylic acid groups (broad SMARTS) is 1. The molecule has 4 aliphatic carbocycles. The van der Waals surface area contributed by atoms with E-state index in [-0.39, 0.29) is 41.3 Å². The number of hydrogen-bond acceptors (Lipinski definition) is 4. The number of aliphatic hydroxyl groups excluding tert-OH is 3. The normalized spacial score (nSPS) is 52.9. The van der Waals surface area contributed by atoms with Gasteiger partial charge in [0.1, 0.15) is 0 Å². The largest absolute Gasteiger partial charge is 0.481 e. The monoisotopic (exact) mass is 408 g/mol. The third-order valence-corrected chi connectivity index (χ3v) is 10.3. The molecule has 0 aromatic rings. The van der Waals surface area contributed by atoms with Crippen molar-refractivity contribution >= 4 is 5.97 Å². The SMILES string of the molecule is C[C@H](CCC(=O)O)[C@@H]1CCC2C3C(C[C@H](O)[C@@]21C)[C@@]1(C)CC[C@@H](O)C[C@H]1C[C@H]3O. The molecule has 4 N–H and O–H groups in total. The summed E-state index contributed by atoms with van der Waals surface area (Å²) in [6.45, 7) is 6.72. The highest BCUT2D eigenvalue weighted by molar-refractivity contribution is 5.66. The lowest BCUT2D eigenvalue weighted by Gasteiger charge is -2.63. The second-order valence-corrected chi connectivity index (χ2v) is 11.4. The van der Waals surface area contributed by atoms with Gasteiger partial charge in [-0.15, -0.1) is 0 Å². The quantitative estimate of drug-likeness (QED) is 0.571. The summed E-state index contributed by atoms with van der Waals surface area (Å²) in [7, 11) is 0. The minimum Gasteiger partial charge on any atom is -0.481 e. The predicted octanol–water partition coefficient (Wildman–Crippen LogP) is 3.45. The average molecular weight is 409 g/mol. The molecule has 0 saturated heterocycles. The zero-order valence-corrected chi connectivity index (χ0v) is 18.3. The van der Waals surface area contributed by atoms with E-state index in [4.69, 9.17) is 5.11 Å². The van der Waals surface area contributed by atoms with Crippen LogP contribution in [-0.4, -0.2) is 44.7 Å². The molecule has 0 aromatic carbocycles. The molecule has 4 rings (SSSR count). The Morgan fingerprint density at radius 1 is 1.03 bits per heavy atom. The Kier molecular flexibility index (Phi) is 5.57. The van der Waals surface area contributed by atoms with Crippen molar-refractivity contribution in [1.82, 2.24) is 0 Å². The van der Waals surface area contributed by atoms with Gasteiger partial charge in [0.2, 0.25) is 0 Å². The maximum Gasteiger partial charge on any atom is 0.303 e. The second kappa shape index (κ2) is 7.49. The van der Waals surface area contributed by atoms with Gasteiger partial charge in [-0.2, -0.15) is 0 Å². The molecule has 11 atom stereocenters. The van der Waals surface area contributed by atoms with Gasteiger partial charge in [0.15, 0.2) is 0 Å². The molecule has 5 nitrogen and oxygen atoms in total. The van der Waals surface area contributed by atoms with E-state index in [1.54, 1.807) is 0 Å². The van der Waals surface area contributed by atoms with Crippen LogP contribution in [0.1, 0.15) is 78.6 Å². The van der Waals surface area contributed by atoms with Crippen LogP contribution >= 0.6 is 0 Å². The Hall–Kier alpha value is -0.650. The Morgan fingerprint density at radius 3 is 2.45 bits per heavy atom. The first-order valence-electron chi connectivity index (χ1n) is 11.8. The Balaban J connectivity index is 1.61. The topological polar surface area (TPSA) is 98.0 Å². The van der Waals surface area contributed by atoms with Crippen molar-refractivity contribution in [1.29, 1.82) is 0 Å². The van der Waals surface area contributed by atoms with E-state index in [0.29, 0.717) is 30.1 Å². The van der Waals surface area contributed by atoms with Crippen LogP contribution in [0.15, 0.2) is 0 Å². The van der Waals surface area contributed by atoms with Crippen LogP contribution in [-0.2, 0) is 4.79 Å². The number of aliphatic hydroxyl groups is 3. The van der Waals surface area contributed by atoms with Crippen molar-refractivity contribution in [3.05, 3.63) is 0 Å². The van der Waals surface area contributed by atoms with Gasteiger partial charge in [-0.1, -0.05) is 20.8 Å². The van der Waals surface area contributed by atoms with E-state index in [2.05, 4.69) is 20.8 Å². The summed E-state index contributed by atoms with van der Waals surface area (Å²) in [4.78, 5) is 11.1.